The Morgan fingerprint density at radius 3 is 0.943 bits per heavy atom. The number of hydrogen-bond acceptors (Lipinski definition) is 14. The minimum Gasteiger partial charge on any atom is -0.478 e. The molecule has 0 aliphatic rings. The lowest BCUT2D eigenvalue weighted by Crippen LogP contribution is -2.30. The fourth-order valence-electron chi connectivity index (χ4n) is 15.1. The Labute approximate surface area is 825 Å². The quantitative estimate of drug-likeness (QED) is 0.0188. The molecule has 748 valence electrons. The van der Waals surface area contributed by atoms with Crippen molar-refractivity contribution in [1.29, 1.82) is 0 Å². The number of halogens is 19. The van der Waals surface area contributed by atoms with Crippen LogP contribution in [0.15, 0.2) is 228 Å². The van der Waals surface area contributed by atoms with Crippen LogP contribution in [0.3, 0.4) is 0 Å². The summed E-state index contributed by atoms with van der Waals surface area (Å²) in [7, 11) is -4.16. The summed E-state index contributed by atoms with van der Waals surface area (Å²) in [6, 6.07) is 47.1. The number of alkyl halides is 15. The number of carbonyl (C=O) groups excluding carboxylic acids is 3. The second-order valence-electron chi connectivity index (χ2n) is 30.7. The number of ether oxygens (including phenoxy) is 2. The predicted molar refractivity (Wildman–Crippen MR) is 506 cm³/mol. The molecule has 0 bridgehead atoms. The SMILES string of the molecule is C.CCS(=O)(=O)c1ccc([C@@H](N)CO)cc1.[2H]C([2H])(F)Cn1c(Cc2ccc(Cl)cc2C(F)(F)F)cc2cc(C(=O)N[C@@H](CO)c3ccc(S(=O)(=O)CC)cc3)ccc21.[2H]C([2H])(F)Cn1c(Cc2ccc(Cl)cc2C(F)(F)F)cc2cc(C(=O)O)ccc21.[2H]C([2H])(F)Cn1c(Cc2ccc(Cl)cc2C(F)(F)F)cc2cc(C(=O)OC)ccc21.[2H]C([2H])(O)Cn1c(Cc2ccc(Cl)cc2C(F)(F)F)cc2cc(C(=O)OC)ccc21. The molecule has 2 atom stereocenters. The highest BCUT2D eigenvalue weighted by Crippen LogP contribution is 2.42. The summed E-state index contributed by atoms with van der Waals surface area (Å²) >= 11 is 22.9. The van der Waals surface area contributed by atoms with Gasteiger partial charge in [-0.05, 0) is 203 Å². The number of carboxylic acid groups (broad SMARTS) is 1. The Hall–Kier alpha value is -11.9. The molecule has 0 saturated heterocycles. The van der Waals surface area contributed by atoms with Crippen molar-refractivity contribution in [2.45, 2.75) is 120 Å². The first-order chi connectivity index (χ1) is 68.1. The van der Waals surface area contributed by atoms with E-state index in [2.05, 4.69) is 14.8 Å². The normalized spacial score (nSPS) is 13.5. The van der Waals surface area contributed by atoms with E-state index in [-0.39, 0.29) is 138 Å². The van der Waals surface area contributed by atoms with E-state index in [1.165, 1.54) is 215 Å². The molecule has 0 radical (unpaired) electrons. The summed E-state index contributed by atoms with van der Waals surface area (Å²) in [5.41, 5.74) is 5.53. The van der Waals surface area contributed by atoms with E-state index in [4.69, 9.17) is 73.3 Å². The number of nitrogens with two attached hydrogens (primary N) is 1. The molecule has 41 heteroatoms. The van der Waals surface area contributed by atoms with Crippen LogP contribution in [0.5, 0.6) is 0 Å². The third-order valence-electron chi connectivity index (χ3n) is 21.9. The topological polar surface area (TPSA) is 294 Å². The zero-order valence-electron chi connectivity index (χ0n) is 81.2. The number of nitrogens with zero attached hydrogens (tertiary/aromatic N) is 4. The Morgan fingerprint density at radius 2 is 0.679 bits per heavy atom. The van der Waals surface area contributed by atoms with Crippen molar-refractivity contribution in [2.75, 3.05) is 65.4 Å². The Morgan fingerprint density at radius 1 is 0.400 bits per heavy atom. The van der Waals surface area contributed by atoms with Gasteiger partial charge in [-0.25, -0.2) is 44.4 Å². The van der Waals surface area contributed by atoms with Crippen LogP contribution in [-0.2, 0) is 106 Å². The second kappa shape index (κ2) is 48.0. The largest absolute Gasteiger partial charge is 0.478 e. The zero-order valence-corrected chi connectivity index (χ0v) is 77.8. The molecule has 4 aromatic heterocycles. The lowest BCUT2D eigenvalue weighted by molar-refractivity contribution is -0.139. The van der Waals surface area contributed by atoms with Crippen molar-refractivity contribution in [2.24, 2.45) is 5.73 Å². The number of aryl methyl sites for hydroxylation is 4. The maximum atomic E-state index is 14.2. The molecule has 0 spiro atoms. The van der Waals surface area contributed by atoms with Crippen LogP contribution in [-0.4, -0.2) is 145 Å². The van der Waals surface area contributed by atoms with Crippen LogP contribution in [0.1, 0.15) is 164 Å². The van der Waals surface area contributed by atoms with E-state index in [9.17, 15) is 112 Å². The lowest BCUT2D eigenvalue weighted by atomic mass is 10.0. The van der Waals surface area contributed by atoms with Gasteiger partial charge in [0.1, 0.15) is 19.9 Å². The number of aromatic carboxylic acids is 1. The van der Waals surface area contributed by atoms with Crippen LogP contribution < -0.4 is 11.1 Å². The number of fused-ring (bicyclic) bond motifs is 4. The zero-order chi connectivity index (χ0) is 109. The highest BCUT2D eigenvalue weighted by Gasteiger charge is 2.38. The third-order valence-corrected chi connectivity index (χ3v) is 26.4. The van der Waals surface area contributed by atoms with Gasteiger partial charge in [-0.15, -0.1) is 0 Å². The van der Waals surface area contributed by atoms with Gasteiger partial charge in [-0.1, -0.05) is 116 Å². The fourth-order valence-corrected chi connectivity index (χ4v) is 17.5. The van der Waals surface area contributed by atoms with Crippen LogP contribution in [0.4, 0.5) is 65.9 Å². The molecule has 0 saturated carbocycles. The first-order valence-corrected chi connectivity index (χ1v) is 46.0. The minimum absolute atomic E-state index is 0. The summed E-state index contributed by atoms with van der Waals surface area (Å²) in [6.07, 6.45) is -19.7. The first kappa shape index (κ1) is 99.6. The van der Waals surface area contributed by atoms with Gasteiger partial charge < -0.3 is 59.2 Å². The van der Waals surface area contributed by atoms with E-state index in [1.807, 2.05) is 0 Å². The number of hydrogen-bond donors (Lipinski definition) is 6. The summed E-state index contributed by atoms with van der Waals surface area (Å²) in [5.74, 6) is -3.00. The smallest absolute Gasteiger partial charge is 0.416 e. The van der Waals surface area contributed by atoms with Crippen molar-refractivity contribution >= 4 is 134 Å². The summed E-state index contributed by atoms with van der Waals surface area (Å²) in [5, 5.41) is 41.5. The van der Waals surface area contributed by atoms with E-state index in [0.29, 0.717) is 59.8 Å². The number of carbonyl (C=O) groups is 4. The second-order valence-corrected chi connectivity index (χ2v) is 37.0. The summed E-state index contributed by atoms with van der Waals surface area (Å²) < 4.78 is 324. The average Bonchev–Trinajstić information content (AvgIpc) is 1.63. The van der Waals surface area contributed by atoms with Crippen LogP contribution in [0.2, 0.25) is 20.1 Å². The fraction of sp³-hybridized carbons (Fsp3) is 0.273. The molecule has 0 fully saturated rings. The number of aliphatic hydroxyl groups is 3. The molecule has 0 unspecified atom stereocenters. The number of esters is 2. The van der Waals surface area contributed by atoms with E-state index in [1.54, 1.807) is 25.1 Å². The van der Waals surface area contributed by atoms with Crippen molar-refractivity contribution in [3.8, 4) is 0 Å². The Bertz CT molecular complexity index is 7250. The standard InChI is InChI=1S/C29H27ClF4N2O4S.C20H16ClF4NO2.C20H17ClF3NO3.C19H14ClF4NO2.C10H15NO3S.CH4/c1-2-41(39,40)24-8-4-18(5-9-24)26(17-37)35-28(38)20-6-10-27-21(13-20)15-23(36(27)12-11-31)14-19-3-7-22(30)16-25(19)29(32,33)34;1-28-19(27)13-3-5-18-14(8-13)10-16(26(18)7-6-22)9-12-2-4-15(21)11-17(12)20(23,24)25;1-28-19(27)13-3-5-18-14(8-13)10-16(25(18)6-7-26)9-12-2-4-15(21)11-17(12)20(22,23)24;20-14-3-1-11(16(10-14)19(22,23)24)8-15-9-13-7-12(18(26)27)2-4-17(13)25(15)6-5-21;1-2-15(13,14)9-5-3-8(4-6-9)10(11)7-12;/h3-10,13,15-16,26,37H,2,11-12,14,17H2,1H3,(H,35,38);2-5,8,10-11H,6-7,9H2,1H3;2-5,8,10-11,26H,6-7,9H2,1H3;1-4,7,9-10H,5-6,8H2,(H,26,27);3-6,10,12H,2,7,11H2,1H3;1H4/t26-;;;;10-;/m0...0./s1/i11D2;6D2;7D2;5D2;;. The molecule has 14 rings (SSSR count). The highest BCUT2D eigenvalue weighted by atomic mass is 35.5. The number of aliphatic hydroxyl groups excluding tert-OH is 2. The lowest BCUT2D eigenvalue weighted by Gasteiger charge is -2.17. The molecule has 4 heterocycles. The molecule has 14 aromatic rings. The van der Waals surface area contributed by atoms with E-state index in [0.717, 1.165) is 29.8 Å². The molecular weight excluding hydrogens is 1990 g/mol. The van der Waals surface area contributed by atoms with Gasteiger partial charge in [0.2, 0.25) is 0 Å². The summed E-state index contributed by atoms with van der Waals surface area (Å²) in [4.78, 5) is 48.3. The number of aromatic nitrogens is 4. The van der Waals surface area contributed by atoms with Crippen molar-refractivity contribution < 1.29 is 143 Å². The van der Waals surface area contributed by atoms with Gasteiger partial charge in [0.25, 0.3) is 5.91 Å². The summed E-state index contributed by atoms with van der Waals surface area (Å²) in [6.45, 7) is -12.3. The van der Waals surface area contributed by atoms with Gasteiger partial charge in [0.15, 0.2) is 19.7 Å². The maximum absolute atomic E-state index is 14.2. The number of rotatable bonds is 29. The Balaban J connectivity index is 0.000000211. The average molecular weight is 2090 g/mol. The van der Waals surface area contributed by atoms with Gasteiger partial charge >= 0.3 is 42.6 Å². The van der Waals surface area contributed by atoms with Gasteiger partial charge in [0.05, 0.1) is 137 Å². The Kier molecular flexibility index (Phi) is 34.2. The van der Waals surface area contributed by atoms with Gasteiger partial charge in [-0.3, -0.25) is 4.79 Å². The highest BCUT2D eigenvalue weighted by molar-refractivity contribution is 7.91. The van der Waals surface area contributed by atoms with Gasteiger partial charge in [0, 0.05) is 124 Å². The molecule has 20 nitrogen and oxygen atoms in total. The first-order valence-electron chi connectivity index (χ1n) is 45.2. The number of methoxy groups -OCH3 is 2. The molecule has 0 aliphatic heterocycles. The molecule has 1 amide bonds. The number of carboxylic acids is 1. The molecule has 10 aromatic carbocycles. The minimum atomic E-state index is -4.72. The van der Waals surface area contributed by atoms with Crippen molar-refractivity contribution in [3.63, 3.8) is 0 Å². The molecular formula is C99H93Cl4F15N6O14S2. The monoisotopic (exact) mass is 2090 g/mol. The predicted octanol–water partition coefficient (Wildman–Crippen LogP) is 23.2. The molecule has 0 aliphatic carbocycles. The molecule has 7 N–H and O–H groups in total. The van der Waals surface area contributed by atoms with E-state index >= 15 is 0 Å². The number of nitrogens with one attached hydrogen (secondary N) is 1. The van der Waals surface area contributed by atoms with Crippen molar-refractivity contribution in [1.82, 2.24) is 23.6 Å². The van der Waals surface area contributed by atoms with Crippen LogP contribution >= 0.6 is 46.4 Å². The maximum Gasteiger partial charge on any atom is 0.416 e. The number of benzene rings is 10. The van der Waals surface area contributed by atoms with Gasteiger partial charge in [-0.2, -0.15) is 52.7 Å². The van der Waals surface area contributed by atoms with Crippen LogP contribution in [0, 0.1) is 0 Å². The number of sulfone groups is 2. The van der Waals surface area contributed by atoms with Crippen LogP contribution in [0.25, 0.3) is 43.6 Å². The molecule has 140 heavy (non-hydrogen) atoms. The van der Waals surface area contributed by atoms with E-state index < -0.39 is 162 Å². The van der Waals surface area contributed by atoms with Crippen molar-refractivity contribution in [3.05, 3.63) is 339 Å². The number of amides is 1. The third kappa shape index (κ3) is 27.9.